The third-order valence-corrected chi connectivity index (χ3v) is 5.45. The molecule has 1 aromatic heterocycles. The summed E-state index contributed by atoms with van der Waals surface area (Å²) in [5.41, 5.74) is 3.42. The quantitative estimate of drug-likeness (QED) is 0.922. The molecule has 2 atom stereocenters. The van der Waals surface area contributed by atoms with Crippen LogP contribution in [0.3, 0.4) is 0 Å². The molecule has 25 heavy (non-hydrogen) atoms. The maximum Gasteiger partial charge on any atom is 0.223 e. The standard InChI is InChI=1S/C21H26N2O2/c24-21(23-14-5-15-25-20-9-4-8-19(20)23)13-11-17-10-12-18(22-17)16-6-2-1-3-7-16/h1-3,6-7,10,12,19-20,22H,4-5,8-9,11,13-15H2. The maximum absolute atomic E-state index is 12.8. The smallest absolute Gasteiger partial charge is 0.223 e. The van der Waals surface area contributed by atoms with Gasteiger partial charge >= 0.3 is 0 Å². The van der Waals surface area contributed by atoms with E-state index in [0.29, 0.717) is 12.5 Å². The van der Waals surface area contributed by atoms with Gasteiger partial charge in [-0.1, -0.05) is 30.3 Å². The number of nitrogens with one attached hydrogen (secondary N) is 1. The SMILES string of the molecule is O=C(CCc1ccc(-c2ccccc2)[nH]1)N1CCCOC2CCCC21. The van der Waals surface area contributed by atoms with Crippen molar-refractivity contribution in [2.24, 2.45) is 0 Å². The summed E-state index contributed by atoms with van der Waals surface area (Å²) in [6, 6.07) is 14.8. The largest absolute Gasteiger partial charge is 0.376 e. The highest BCUT2D eigenvalue weighted by Gasteiger charge is 2.36. The molecule has 0 radical (unpaired) electrons. The average molecular weight is 338 g/mol. The third kappa shape index (κ3) is 3.64. The number of H-pyrrole nitrogens is 1. The van der Waals surface area contributed by atoms with Crippen LogP contribution >= 0.6 is 0 Å². The predicted molar refractivity (Wildman–Crippen MR) is 98.3 cm³/mol. The zero-order chi connectivity index (χ0) is 17.1. The molecule has 2 aliphatic rings. The van der Waals surface area contributed by atoms with Gasteiger partial charge in [0.2, 0.25) is 5.91 Å². The van der Waals surface area contributed by atoms with Crippen LogP contribution in [0.4, 0.5) is 0 Å². The average Bonchev–Trinajstić information content (AvgIpc) is 3.26. The normalized spacial score (nSPS) is 23.3. The number of hydrogen-bond acceptors (Lipinski definition) is 2. The summed E-state index contributed by atoms with van der Waals surface area (Å²) in [7, 11) is 0. The summed E-state index contributed by atoms with van der Waals surface area (Å²) in [5, 5.41) is 0. The monoisotopic (exact) mass is 338 g/mol. The predicted octanol–water partition coefficient (Wildman–Crippen LogP) is 3.78. The Hall–Kier alpha value is -2.07. The number of carbonyl (C=O) groups is 1. The van der Waals surface area contributed by atoms with Crippen LogP contribution in [-0.2, 0) is 16.0 Å². The zero-order valence-corrected chi connectivity index (χ0v) is 14.6. The van der Waals surface area contributed by atoms with E-state index in [1.54, 1.807) is 0 Å². The van der Waals surface area contributed by atoms with Crippen molar-refractivity contribution in [3.05, 3.63) is 48.2 Å². The van der Waals surface area contributed by atoms with Crippen molar-refractivity contribution in [1.82, 2.24) is 9.88 Å². The van der Waals surface area contributed by atoms with E-state index in [2.05, 4.69) is 34.1 Å². The second-order valence-electron chi connectivity index (χ2n) is 7.11. The van der Waals surface area contributed by atoms with Crippen LogP contribution in [0.15, 0.2) is 42.5 Å². The molecular formula is C21H26N2O2. The molecule has 1 saturated heterocycles. The summed E-state index contributed by atoms with van der Waals surface area (Å²) in [4.78, 5) is 18.4. The van der Waals surface area contributed by atoms with Crippen molar-refractivity contribution in [3.63, 3.8) is 0 Å². The summed E-state index contributed by atoms with van der Waals surface area (Å²) >= 11 is 0. The zero-order valence-electron chi connectivity index (χ0n) is 14.6. The molecular weight excluding hydrogens is 312 g/mol. The van der Waals surface area contributed by atoms with Crippen LogP contribution in [0.2, 0.25) is 0 Å². The van der Waals surface area contributed by atoms with Gasteiger partial charge in [-0.25, -0.2) is 0 Å². The van der Waals surface area contributed by atoms with Crippen LogP contribution in [0.25, 0.3) is 11.3 Å². The molecule has 132 valence electrons. The Morgan fingerprint density at radius 2 is 2.00 bits per heavy atom. The molecule has 2 fully saturated rings. The summed E-state index contributed by atoms with van der Waals surface area (Å²) in [5.74, 6) is 0.276. The molecule has 0 spiro atoms. The van der Waals surface area contributed by atoms with E-state index < -0.39 is 0 Å². The topological polar surface area (TPSA) is 45.3 Å². The fraction of sp³-hybridized carbons (Fsp3) is 0.476. The highest BCUT2D eigenvalue weighted by molar-refractivity contribution is 5.77. The molecule has 4 nitrogen and oxygen atoms in total. The van der Waals surface area contributed by atoms with Gasteiger partial charge < -0.3 is 14.6 Å². The Balaban J connectivity index is 1.38. The van der Waals surface area contributed by atoms with E-state index in [4.69, 9.17) is 4.74 Å². The van der Waals surface area contributed by atoms with E-state index in [-0.39, 0.29) is 12.0 Å². The number of amides is 1. The van der Waals surface area contributed by atoms with E-state index in [1.807, 2.05) is 18.2 Å². The third-order valence-electron chi connectivity index (χ3n) is 5.45. The first kappa shape index (κ1) is 16.4. The summed E-state index contributed by atoms with van der Waals surface area (Å²) < 4.78 is 5.92. The van der Waals surface area contributed by atoms with Gasteiger partial charge in [-0.15, -0.1) is 0 Å². The number of benzene rings is 1. The van der Waals surface area contributed by atoms with Crippen molar-refractivity contribution >= 4 is 5.91 Å². The molecule has 1 N–H and O–H groups in total. The van der Waals surface area contributed by atoms with Crippen molar-refractivity contribution in [2.45, 2.75) is 50.7 Å². The lowest BCUT2D eigenvalue weighted by molar-refractivity contribution is -0.134. The molecule has 1 aliphatic heterocycles. The van der Waals surface area contributed by atoms with E-state index >= 15 is 0 Å². The number of aromatic amines is 1. The number of aryl methyl sites for hydroxylation is 1. The summed E-state index contributed by atoms with van der Waals surface area (Å²) in [6.45, 7) is 1.64. The molecule has 0 bridgehead atoms. The molecule has 1 aliphatic carbocycles. The fourth-order valence-corrected chi connectivity index (χ4v) is 4.16. The molecule has 2 unspecified atom stereocenters. The number of ether oxygens (including phenoxy) is 1. The van der Waals surface area contributed by atoms with Gasteiger partial charge in [0.05, 0.1) is 12.1 Å². The van der Waals surface area contributed by atoms with Gasteiger partial charge in [-0.2, -0.15) is 0 Å². The first-order valence-corrected chi connectivity index (χ1v) is 9.45. The van der Waals surface area contributed by atoms with Gasteiger partial charge in [0.25, 0.3) is 0 Å². The van der Waals surface area contributed by atoms with Crippen molar-refractivity contribution in [2.75, 3.05) is 13.2 Å². The molecule has 1 aromatic carbocycles. The molecule has 4 heteroatoms. The Labute approximate surface area is 149 Å². The van der Waals surface area contributed by atoms with Gasteiger partial charge in [0.1, 0.15) is 0 Å². The lowest BCUT2D eigenvalue weighted by Crippen LogP contribution is -2.43. The maximum atomic E-state index is 12.8. The molecule has 2 heterocycles. The first-order chi connectivity index (χ1) is 12.3. The Bertz CT molecular complexity index is 710. The van der Waals surface area contributed by atoms with E-state index in [1.165, 1.54) is 12.0 Å². The number of rotatable bonds is 4. The highest BCUT2D eigenvalue weighted by atomic mass is 16.5. The van der Waals surface area contributed by atoms with Gasteiger partial charge in [0, 0.05) is 31.0 Å². The van der Waals surface area contributed by atoms with Crippen molar-refractivity contribution in [1.29, 1.82) is 0 Å². The Morgan fingerprint density at radius 1 is 1.12 bits per heavy atom. The highest BCUT2D eigenvalue weighted by Crippen LogP contribution is 2.29. The minimum Gasteiger partial charge on any atom is -0.376 e. The minimum atomic E-state index is 0.265. The first-order valence-electron chi connectivity index (χ1n) is 9.45. The van der Waals surface area contributed by atoms with Gasteiger partial charge in [-0.05, 0) is 49.8 Å². The van der Waals surface area contributed by atoms with E-state index in [9.17, 15) is 4.79 Å². The molecule has 1 saturated carbocycles. The van der Waals surface area contributed by atoms with Gasteiger partial charge in [-0.3, -0.25) is 4.79 Å². The van der Waals surface area contributed by atoms with Crippen molar-refractivity contribution in [3.8, 4) is 11.3 Å². The van der Waals surface area contributed by atoms with Crippen LogP contribution in [0.5, 0.6) is 0 Å². The number of hydrogen-bond donors (Lipinski definition) is 1. The number of fused-ring (bicyclic) bond motifs is 1. The lowest BCUT2D eigenvalue weighted by atomic mass is 10.1. The second kappa shape index (κ2) is 7.44. The van der Waals surface area contributed by atoms with E-state index in [0.717, 1.165) is 50.2 Å². The van der Waals surface area contributed by atoms with Crippen LogP contribution < -0.4 is 0 Å². The number of carbonyl (C=O) groups excluding carboxylic acids is 1. The Morgan fingerprint density at radius 3 is 2.88 bits per heavy atom. The lowest BCUT2D eigenvalue weighted by Gasteiger charge is -2.30. The number of nitrogens with zero attached hydrogens (tertiary/aromatic N) is 1. The molecule has 2 aromatic rings. The summed E-state index contributed by atoms with van der Waals surface area (Å²) in [6.07, 6.45) is 5.93. The van der Waals surface area contributed by atoms with Crippen LogP contribution in [0.1, 0.15) is 37.8 Å². The van der Waals surface area contributed by atoms with Gasteiger partial charge in [0.15, 0.2) is 0 Å². The number of aromatic nitrogens is 1. The fourth-order valence-electron chi connectivity index (χ4n) is 4.16. The Kier molecular flexibility index (Phi) is 4.88. The van der Waals surface area contributed by atoms with Crippen LogP contribution in [-0.4, -0.2) is 41.1 Å². The second-order valence-corrected chi connectivity index (χ2v) is 7.11. The van der Waals surface area contributed by atoms with Crippen LogP contribution in [0, 0.1) is 0 Å². The van der Waals surface area contributed by atoms with Crippen molar-refractivity contribution < 1.29 is 9.53 Å². The molecule has 4 rings (SSSR count). The molecule has 1 amide bonds. The minimum absolute atomic E-state index is 0.265.